The first kappa shape index (κ1) is 23.8. The molecule has 0 bridgehead atoms. The molecule has 0 radical (unpaired) electrons. The van der Waals surface area contributed by atoms with E-state index >= 15 is 0 Å². The molecular formula is C34H29N3. The summed E-state index contributed by atoms with van der Waals surface area (Å²) in [6.45, 7) is 4.52. The van der Waals surface area contributed by atoms with Crippen LogP contribution in [0.4, 0.5) is 22.7 Å². The van der Waals surface area contributed by atoms with Crippen LogP contribution in [0, 0.1) is 0 Å². The molecule has 37 heavy (non-hydrogen) atoms. The number of rotatable bonds is 9. The highest BCUT2D eigenvalue weighted by atomic mass is 15.4. The first-order chi connectivity index (χ1) is 18.3. The predicted octanol–water partition coefficient (Wildman–Crippen LogP) is 8.84. The highest BCUT2D eigenvalue weighted by molar-refractivity contribution is 5.83. The van der Waals surface area contributed by atoms with Gasteiger partial charge in [-0.15, -0.1) is 0 Å². The highest BCUT2D eigenvalue weighted by Crippen LogP contribution is 2.34. The first-order valence-corrected chi connectivity index (χ1v) is 12.4. The summed E-state index contributed by atoms with van der Waals surface area (Å²) in [5.74, 6) is 0. The van der Waals surface area contributed by atoms with E-state index in [2.05, 4.69) is 121 Å². The average molecular weight is 480 g/mol. The molecule has 0 aliphatic carbocycles. The Labute approximate surface area is 219 Å². The summed E-state index contributed by atoms with van der Waals surface area (Å²) in [6.07, 6.45) is 3.78. The molecule has 0 aliphatic heterocycles. The molecule has 5 aromatic carbocycles. The van der Waals surface area contributed by atoms with Gasteiger partial charge in [-0.3, -0.25) is 5.01 Å². The van der Waals surface area contributed by atoms with E-state index in [1.165, 1.54) is 5.56 Å². The monoisotopic (exact) mass is 479 g/mol. The lowest BCUT2D eigenvalue weighted by Crippen LogP contribution is -2.16. The summed E-state index contributed by atoms with van der Waals surface area (Å²) >= 11 is 0. The van der Waals surface area contributed by atoms with Crippen molar-refractivity contribution < 1.29 is 0 Å². The third-order valence-corrected chi connectivity index (χ3v) is 6.13. The number of nitrogens with zero attached hydrogens (tertiary/aromatic N) is 3. The quantitative estimate of drug-likeness (QED) is 0.155. The fourth-order valence-electron chi connectivity index (χ4n) is 4.18. The van der Waals surface area contributed by atoms with Crippen molar-refractivity contribution >= 4 is 35.0 Å². The molecule has 0 aliphatic rings. The van der Waals surface area contributed by atoms with E-state index in [-0.39, 0.29) is 0 Å². The van der Waals surface area contributed by atoms with E-state index in [1.54, 1.807) is 0 Å². The maximum absolute atomic E-state index is 4.87. The van der Waals surface area contributed by atoms with Gasteiger partial charge in [0.25, 0.3) is 0 Å². The van der Waals surface area contributed by atoms with Gasteiger partial charge < -0.3 is 4.90 Å². The lowest BCUT2D eigenvalue weighted by atomic mass is 10.1. The zero-order valence-electron chi connectivity index (χ0n) is 20.7. The third kappa shape index (κ3) is 6.03. The van der Waals surface area contributed by atoms with Crippen LogP contribution in [-0.2, 0) is 6.54 Å². The van der Waals surface area contributed by atoms with E-state index in [1.807, 2.05) is 47.6 Å². The molecule has 0 fully saturated rings. The minimum atomic E-state index is 0.672. The lowest BCUT2D eigenvalue weighted by Gasteiger charge is -2.25. The summed E-state index contributed by atoms with van der Waals surface area (Å²) in [4.78, 5) is 2.25. The van der Waals surface area contributed by atoms with Crippen LogP contribution in [0.5, 0.6) is 0 Å². The van der Waals surface area contributed by atoms with E-state index in [9.17, 15) is 0 Å². The van der Waals surface area contributed by atoms with Crippen LogP contribution >= 0.6 is 0 Å². The zero-order chi connectivity index (χ0) is 25.3. The van der Waals surface area contributed by atoms with E-state index in [0.717, 1.165) is 33.9 Å². The van der Waals surface area contributed by atoms with Crippen LogP contribution in [0.1, 0.15) is 16.7 Å². The van der Waals surface area contributed by atoms with Crippen molar-refractivity contribution in [1.82, 2.24) is 0 Å². The molecule has 180 valence electrons. The normalized spacial score (nSPS) is 10.8. The zero-order valence-corrected chi connectivity index (χ0v) is 20.7. The molecule has 0 aromatic heterocycles. The molecule has 0 saturated carbocycles. The molecule has 0 unspecified atom stereocenters. The Bertz CT molecular complexity index is 1390. The van der Waals surface area contributed by atoms with Crippen molar-refractivity contribution in [2.45, 2.75) is 6.54 Å². The summed E-state index contributed by atoms with van der Waals surface area (Å²) in [7, 11) is 0. The molecule has 3 nitrogen and oxygen atoms in total. The van der Waals surface area contributed by atoms with Crippen LogP contribution in [-0.4, -0.2) is 6.21 Å². The fourth-order valence-corrected chi connectivity index (χ4v) is 4.18. The van der Waals surface area contributed by atoms with Crippen molar-refractivity contribution in [1.29, 1.82) is 0 Å². The molecule has 0 amide bonds. The maximum Gasteiger partial charge on any atom is 0.0666 e. The molecular weight excluding hydrogens is 450 g/mol. The Morgan fingerprint density at radius 1 is 0.514 bits per heavy atom. The largest absolute Gasteiger partial charge is 0.311 e. The van der Waals surface area contributed by atoms with Gasteiger partial charge in [-0.05, 0) is 65.2 Å². The van der Waals surface area contributed by atoms with Gasteiger partial charge in [0.2, 0.25) is 0 Å². The van der Waals surface area contributed by atoms with Crippen molar-refractivity contribution in [3.05, 3.63) is 163 Å². The number of para-hydroxylation sites is 3. The predicted molar refractivity (Wildman–Crippen MR) is 158 cm³/mol. The second kappa shape index (κ2) is 11.7. The number of hydrogen-bond donors (Lipinski definition) is 0. The topological polar surface area (TPSA) is 18.8 Å². The number of hydrazone groups is 1. The van der Waals surface area contributed by atoms with E-state index in [4.69, 9.17) is 5.10 Å². The molecule has 0 N–H and O–H groups in total. The third-order valence-electron chi connectivity index (χ3n) is 6.13. The Balaban J connectivity index is 1.40. The van der Waals surface area contributed by atoms with Gasteiger partial charge in [0, 0.05) is 17.1 Å². The van der Waals surface area contributed by atoms with Gasteiger partial charge in [0.05, 0.1) is 18.4 Å². The Morgan fingerprint density at radius 3 is 1.49 bits per heavy atom. The van der Waals surface area contributed by atoms with Crippen molar-refractivity contribution in [2.24, 2.45) is 5.10 Å². The van der Waals surface area contributed by atoms with Crippen molar-refractivity contribution in [3.63, 3.8) is 0 Å². The van der Waals surface area contributed by atoms with Crippen LogP contribution in [0.15, 0.2) is 151 Å². The lowest BCUT2D eigenvalue weighted by molar-refractivity contribution is 0.858. The molecule has 0 atom stereocenters. The standard InChI is InChI=1S/C34H29N3/c1-2-28-18-20-30(21-19-28)27-36(31-12-6-3-7-13-31)35-26-29-22-24-34(25-23-29)37(32-14-8-4-9-15-32)33-16-10-5-11-17-33/h2-26H,1,27H2. The van der Waals surface area contributed by atoms with Crippen molar-refractivity contribution in [3.8, 4) is 0 Å². The molecule has 0 heterocycles. The maximum atomic E-state index is 4.87. The van der Waals surface area contributed by atoms with Crippen LogP contribution < -0.4 is 9.91 Å². The minimum Gasteiger partial charge on any atom is -0.311 e. The van der Waals surface area contributed by atoms with Gasteiger partial charge in [-0.1, -0.05) is 104 Å². The molecule has 5 rings (SSSR count). The minimum absolute atomic E-state index is 0.672. The van der Waals surface area contributed by atoms with Gasteiger partial charge in [0.1, 0.15) is 0 Å². The summed E-state index contributed by atoms with van der Waals surface area (Å²) in [6, 6.07) is 48.0. The molecule has 0 spiro atoms. The van der Waals surface area contributed by atoms with Crippen LogP contribution in [0.2, 0.25) is 0 Å². The molecule has 0 saturated heterocycles. The van der Waals surface area contributed by atoms with Gasteiger partial charge in [-0.2, -0.15) is 5.10 Å². The average Bonchev–Trinajstić information content (AvgIpc) is 2.98. The summed E-state index contributed by atoms with van der Waals surface area (Å²) in [5, 5.41) is 6.89. The van der Waals surface area contributed by atoms with E-state index < -0.39 is 0 Å². The van der Waals surface area contributed by atoms with Gasteiger partial charge >= 0.3 is 0 Å². The fraction of sp³-hybridized carbons (Fsp3) is 0.0294. The second-order valence-corrected chi connectivity index (χ2v) is 8.68. The summed E-state index contributed by atoms with van der Waals surface area (Å²) < 4.78 is 0. The number of anilines is 4. The Hall–Kier alpha value is -4.89. The smallest absolute Gasteiger partial charge is 0.0666 e. The SMILES string of the molecule is C=Cc1ccc(CN(N=Cc2ccc(N(c3ccccc3)c3ccccc3)cc2)c2ccccc2)cc1. The summed E-state index contributed by atoms with van der Waals surface area (Å²) in [5.41, 5.74) is 7.70. The Kier molecular flexibility index (Phi) is 7.53. The number of benzene rings is 5. The van der Waals surface area contributed by atoms with E-state index in [0.29, 0.717) is 6.54 Å². The van der Waals surface area contributed by atoms with Gasteiger partial charge in [0.15, 0.2) is 0 Å². The number of hydrogen-bond acceptors (Lipinski definition) is 3. The molecule has 5 aromatic rings. The van der Waals surface area contributed by atoms with Crippen LogP contribution in [0.25, 0.3) is 6.08 Å². The molecule has 3 heteroatoms. The van der Waals surface area contributed by atoms with Crippen LogP contribution in [0.3, 0.4) is 0 Å². The highest BCUT2D eigenvalue weighted by Gasteiger charge is 2.11. The first-order valence-electron chi connectivity index (χ1n) is 12.4. The Morgan fingerprint density at radius 2 is 0.973 bits per heavy atom. The van der Waals surface area contributed by atoms with Gasteiger partial charge in [-0.25, -0.2) is 0 Å². The van der Waals surface area contributed by atoms with Crippen molar-refractivity contribution in [2.75, 3.05) is 9.91 Å². The second-order valence-electron chi connectivity index (χ2n) is 8.68.